The number of hydrogen-bond donors (Lipinski definition) is 3. The highest BCUT2D eigenvalue weighted by Gasteiger charge is 2.26. The number of hydrogen-bond acceptors (Lipinski definition) is 4. The van der Waals surface area contributed by atoms with E-state index in [1.807, 2.05) is 0 Å². The van der Waals surface area contributed by atoms with E-state index in [0.717, 1.165) is 31.0 Å². The van der Waals surface area contributed by atoms with Gasteiger partial charge in [0.05, 0.1) is 11.4 Å². The molecule has 0 spiro atoms. The Morgan fingerprint density at radius 3 is 2.94 bits per heavy atom. The molecule has 0 amide bonds. The molecule has 4 heteroatoms. The van der Waals surface area contributed by atoms with Crippen molar-refractivity contribution in [1.29, 1.82) is 0 Å². The Hall–Kier alpha value is -1.58. The predicted octanol–water partition coefficient (Wildman–Crippen LogP) is 1.74. The molecule has 0 saturated carbocycles. The van der Waals surface area contributed by atoms with Gasteiger partial charge in [0.2, 0.25) is 0 Å². The number of phenols is 2. The number of anilines is 2. The minimum absolute atomic E-state index is 0.0374. The fourth-order valence-corrected chi connectivity index (χ4v) is 2.67. The molecule has 3 N–H and O–H groups in total. The van der Waals surface area contributed by atoms with Crippen molar-refractivity contribution in [2.45, 2.75) is 12.8 Å². The van der Waals surface area contributed by atoms with Crippen LogP contribution in [0.2, 0.25) is 0 Å². The second kappa shape index (κ2) is 3.47. The Bertz CT molecular complexity index is 420. The van der Waals surface area contributed by atoms with Crippen LogP contribution in [-0.4, -0.2) is 29.8 Å². The van der Waals surface area contributed by atoms with Crippen LogP contribution in [0.1, 0.15) is 12.8 Å². The van der Waals surface area contributed by atoms with Gasteiger partial charge in [-0.15, -0.1) is 0 Å². The van der Waals surface area contributed by atoms with E-state index >= 15 is 0 Å². The number of fused-ring (bicyclic) bond motifs is 4. The number of rotatable bonds is 0. The van der Waals surface area contributed by atoms with E-state index in [1.54, 1.807) is 12.1 Å². The highest BCUT2D eigenvalue weighted by Crippen LogP contribution is 2.40. The van der Waals surface area contributed by atoms with Crippen LogP contribution in [0.15, 0.2) is 12.1 Å². The first-order valence-electron chi connectivity index (χ1n) is 5.79. The Kier molecular flexibility index (Phi) is 2.09. The summed E-state index contributed by atoms with van der Waals surface area (Å²) >= 11 is 0. The predicted molar refractivity (Wildman–Crippen MR) is 63.2 cm³/mol. The summed E-state index contributed by atoms with van der Waals surface area (Å²) in [5.74, 6) is 0.582. The number of piperidine rings is 1. The van der Waals surface area contributed by atoms with Gasteiger partial charge in [0.1, 0.15) is 0 Å². The van der Waals surface area contributed by atoms with E-state index < -0.39 is 0 Å². The fraction of sp³-hybridized carbons (Fsp3) is 0.500. The van der Waals surface area contributed by atoms with E-state index in [2.05, 4.69) is 10.2 Å². The lowest BCUT2D eigenvalue weighted by Gasteiger charge is -2.31. The summed E-state index contributed by atoms with van der Waals surface area (Å²) < 4.78 is 0. The van der Waals surface area contributed by atoms with Crippen LogP contribution in [0, 0.1) is 5.92 Å². The zero-order valence-electron chi connectivity index (χ0n) is 9.11. The van der Waals surface area contributed by atoms with Crippen molar-refractivity contribution >= 4 is 11.4 Å². The van der Waals surface area contributed by atoms with E-state index in [-0.39, 0.29) is 11.5 Å². The van der Waals surface area contributed by atoms with Crippen LogP contribution in [0.4, 0.5) is 11.4 Å². The van der Waals surface area contributed by atoms with Crippen LogP contribution in [0.5, 0.6) is 11.5 Å². The van der Waals surface area contributed by atoms with Crippen LogP contribution in [0.25, 0.3) is 0 Å². The van der Waals surface area contributed by atoms with E-state index in [1.165, 1.54) is 12.8 Å². The van der Waals surface area contributed by atoms with Gasteiger partial charge in [-0.1, -0.05) is 0 Å². The minimum atomic E-state index is -0.0519. The van der Waals surface area contributed by atoms with Gasteiger partial charge in [-0.25, -0.2) is 0 Å². The average molecular weight is 220 g/mol. The first-order valence-corrected chi connectivity index (χ1v) is 5.79. The smallest absolute Gasteiger partial charge is 0.159 e. The maximum absolute atomic E-state index is 9.56. The normalized spacial score (nSPS) is 23.2. The topological polar surface area (TPSA) is 55.7 Å². The third kappa shape index (κ3) is 1.45. The molecule has 0 radical (unpaired) electrons. The second-order valence-corrected chi connectivity index (χ2v) is 4.69. The summed E-state index contributed by atoms with van der Waals surface area (Å²) in [7, 11) is 0. The molecular formula is C12H16N2O2. The summed E-state index contributed by atoms with van der Waals surface area (Å²) in [6.45, 7) is 3.04. The monoisotopic (exact) mass is 220 g/mol. The quantitative estimate of drug-likeness (QED) is 0.460. The first kappa shape index (κ1) is 9.63. The van der Waals surface area contributed by atoms with E-state index in [4.69, 9.17) is 0 Å². The van der Waals surface area contributed by atoms with Crippen LogP contribution in [-0.2, 0) is 0 Å². The lowest BCUT2D eigenvalue weighted by Crippen LogP contribution is -2.35. The van der Waals surface area contributed by atoms with Crippen molar-refractivity contribution in [3.8, 4) is 11.5 Å². The van der Waals surface area contributed by atoms with Crippen molar-refractivity contribution in [2.24, 2.45) is 5.92 Å². The standard InChI is InChI=1S/C12H16N2O2/c15-11-4-9-10(5-12(11)16)14-3-1-2-8(7-14)6-13-9/h4-5,8,13,15-16H,1-3,6-7H2. The molecule has 1 saturated heterocycles. The van der Waals surface area contributed by atoms with Gasteiger partial charge in [-0.2, -0.15) is 0 Å². The maximum Gasteiger partial charge on any atom is 0.159 e. The van der Waals surface area contributed by atoms with Crippen molar-refractivity contribution in [3.63, 3.8) is 0 Å². The lowest BCUT2D eigenvalue weighted by atomic mass is 9.98. The molecule has 1 atom stereocenters. The van der Waals surface area contributed by atoms with Gasteiger partial charge in [-0.3, -0.25) is 0 Å². The molecule has 0 aromatic heterocycles. The first-order chi connectivity index (χ1) is 7.74. The van der Waals surface area contributed by atoms with Crippen molar-refractivity contribution < 1.29 is 10.2 Å². The Morgan fingerprint density at radius 1 is 1.25 bits per heavy atom. The fourth-order valence-electron chi connectivity index (χ4n) is 2.67. The van der Waals surface area contributed by atoms with Crippen molar-refractivity contribution in [3.05, 3.63) is 12.1 Å². The molecule has 1 fully saturated rings. The van der Waals surface area contributed by atoms with Gasteiger partial charge in [0.15, 0.2) is 11.5 Å². The molecule has 1 aromatic rings. The van der Waals surface area contributed by atoms with Crippen LogP contribution < -0.4 is 10.2 Å². The third-order valence-corrected chi connectivity index (χ3v) is 3.53. The largest absolute Gasteiger partial charge is 0.504 e. The number of benzene rings is 1. The zero-order chi connectivity index (χ0) is 11.1. The Labute approximate surface area is 94.5 Å². The molecule has 3 rings (SSSR count). The summed E-state index contributed by atoms with van der Waals surface area (Å²) in [5, 5.41) is 22.4. The van der Waals surface area contributed by atoms with E-state index in [0.29, 0.717) is 5.92 Å². The van der Waals surface area contributed by atoms with Gasteiger partial charge < -0.3 is 20.4 Å². The number of aromatic hydroxyl groups is 2. The van der Waals surface area contributed by atoms with Crippen molar-refractivity contribution in [1.82, 2.24) is 0 Å². The van der Waals surface area contributed by atoms with Crippen LogP contribution in [0.3, 0.4) is 0 Å². The molecular weight excluding hydrogens is 204 g/mol. The van der Waals surface area contributed by atoms with Gasteiger partial charge >= 0.3 is 0 Å². The minimum Gasteiger partial charge on any atom is -0.504 e. The molecule has 16 heavy (non-hydrogen) atoms. The molecule has 0 aliphatic carbocycles. The molecule has 1 aromatic carbocycles. The molecule has 2 heterocycles. The summed E-state index contributed by atoms with van der Waals surface area (Å²) in [6, 6.07) is 3.27. The second-order valence-electron chi connectivity index (χ2n) is 4.69. The van der Waals surface area contributed by atoms with Gasteiger partial charge in [-0.05, 0) is 18.8 Å². The number of nitrogens with one attached hydrogen (secondary N) is 1. The van der Waals surface area contributed by atoms with Crippen LogP contribution >= 0.6 is 0 Å². The Balaban J connectivity index is 2.06. The highest BCUT2D eigenvalue weighted by atomic mass is 16.3. The maximum atomic E-state index is 9.56. The van der Waals surface area contributed by atoms with Crippen molar-refractivity contribution in [2.75, 3.05) is 29.9 Å². The number of nitrogens with zero attached hydrogens (tertiary/aromatic N) is 1. The summed E-state index contributed by atoms with van der Waals surface area (Å²) in [6.07, 6.45) is 2.46. The zero-order valence-corrected chi connectivity index (χ0v) is 9.11. The average Bonchev–Trinajstić information content (AvgIpc) is 2.40. The third-order valence-electron chi connectivity index (χ3n) is 3.53. The molecule has 4 nitrogen and oxygen atoms in total. The SMILES string of the molecule is Oc1cc2c(cc1O)N1CCCC(CN2)C1. The summed E-state index contributed by atoms with van der Waals surface area (Å²) in [5.41, 5.74) is 1.94. The highest BCUT2D eigenvalue weighted by molar-refractivity contribution is 5.75. The van der Waals surface area contributed by atoms with E-state index in [9.17, 15) is 10.2 Å². The van der Waals surface area contributed by atoms with Gasteiger partial charge in [0, 0.05) is 31.8 Å². The number of phenolic OH excluding ortho intramolecular Hbond substituents is 2. The molecule has 1 unspecified atom stereocenters. The van der Waals surface area contributed by atoms with Gasteiger partial charge in [0.25, 0.3) is 0 Å². The molecule has 86 valence electrons. The summed E-state index contributed by atoms with van der Waals surface area (Å²) in [4.78, 5) is 2.29. The lowest BCUT2D eigenvalue weighted by molar-refractivity contribution is 0.403. The molecule has 2 aliphatic rings. The Morgan fingerprint density at radius 2 is 2.06 bits per heavy atom. The molecule has 2 bridgehead atoms. The molecule has 2 aliphatic heterocycles.